The van der Waals surface area contributed by atoms with Gasteiger partial charge in [0, 0.05) is 30.6 Å². The second-order valence-electron chi connectivity index (χ2n) is 8.14. The molecular formula is C24H24N4O2. The number of amides is 2. The summed E-state index contributed by atoms with van der Waals surface area (Å²) in [4.78, 5) is 28.7. The number of benzene rings is 2. The molecule has 6 heteroatoms. The summed E-state index contributed by atoms with van der Waals surface area (Å²) >= 11 is 0. The molecule has 0 saturated carbocycles. The maximum absolute atomic E-state index is 13.3. The van der Waals surface area contributed by atoms with Crippen molar-refractivity contribution in [2.24, 2.45) is 0 Å². The Hall–Kier alpha value is -3.41. The molecule has 0 spiro atoms. The molecule has 0 aliphatic carbocycles. The number of rotatable bonds is 4. The molecule has 0 bridgehead atoms. The van der Waals surface area contributed by atoms with Crippen molar-refractivity contribution in [2.45, 2.75) is 32.9 Å². The second-order valence-corrected chi connectivity index (χ2v) is 8.14. The van der Waals surface area contributed by atoms with Crippen LogP contribution in [0.2, 0.25) is 0 Å². The van der Waals surface area contributed by atoms with Crippen LogP contribution >= 0.6 is 0 Å². The van der Waals surface area contributed by atoms with Crippen molar-refractivity contribution in [3.63, 3.8) is 0 Å². The summed E-state index contributed by atoms with van der Waals surface area (Å²) in [5.74, 6) is -0.00935. The highest BCUT2D eigenvalue weighted by Gasteiger charge is 2.41. The van der Waals surface area contributed by atoms with Crippen LogP contribution in [0, 0.1) is 6.92 Å². The largest absolute Gasteiger partial charge is 0.335 e. The Labute approximate surface area is 175 Å². The normalized spacial score (nSPS) is 16.1. The van der Waals surface area contributed by atoms with Crippen molar-refractivity contribution in [3.8, 4) is 11.1 Å². The molecule has 0 radical (unpaired) electrons. The van der Waals surface area contributed by atoms with E-state index in [1.54, 1.807) is 4.90 Å². The van der Waals surface area contributed by atoms with Gasteiger partial charge in [-0.25, -0.2) is 0 Å². The Morgan fingerprint density at radius 2 is 2.13 bits per heavy atom. The van der Waals surface area contributed by atoms with Gasteiger partial charge in [-0.1, -0.05) is 25.6 Å². The Bertz CT molecular complexity index is 1200. The van der Waals surface area contributed by atoms with E-state index in [2.05, 4.69) is 42.8 Å². The molecule has 1 aromatic heterocycles. The molecule has 152 valence electrons. The van der Waals surface area contributed by atoms with Crippen LogP contribution in [0.1, 0.15) is 34.0 Å². The molecule has 5 rings (SSSR count). The quantitative estimate of drug-likeness (QED) is 0.682. The summed E-state index contributed by atoms with van der Waals surface area (Å²) in [6.07, 6.45) is 4.05. The number of hydrogen-bond acceptors (Lipinski definition) is 3. The SMILES string of the molecule is C=CC(=O)N1CC(N2Cc3c(CC)cc(-c4c(C)ccc5[nH]ncc45)cc3C2=O)C1. The average Bonchev–Trinajstić information content (AvgIpc) is 3.31. The molecule has 2 aromatic carbocycles. The number of H-pyrrole nitrogens is 1. The van der Waals surface area contributed by atoms with Gasteiger partial charge >= 0.3 is 0 Å². The number of likely N-dealkylation sites (tertiary alicyclic amines) is 1. The summed E-state index contributed by atoms with van der Waals surface area (Å²) in [7, 11) is 0. The first kappa shape index (κ1) is 18.6. The molecule has 2 aliphatic heterocycles. The van der Waals surface area contributed by atoms with Gasteiger partial charge < -0.3 is 9.80 Å². The van der Waals surface area contributed by atoms with E-state index < -0.39 is 0 Å². The maximum Gasteiger partial charge on any atom is 0.254 e. The average molecular weight is 400 g/mol. The fourth-order valence-electron chi connectivity index (χ4n) is 4.73. The van der Waals surface area contributed by atoms with Crippen molar-refractivity contribution >= 4 is 22.7 Å². The first-order chi connectivity index (χ1) is 14.5. The molecule has 2 aliphatic rings. The van der Waals surface area contributed by atoms with E-state index in [-0.39, 0.29) is 17.9 Å². The van der Waals surface area contributed by atoms with E-state index in [0.717, 1.165) is 45.1 Å². The van der Waals surface area contributed by atoms with E-state index >= 15 is 0 Å². The fourth-order valence-corrected chi connectivity index (χ4v) is 4.73. The Morgan fingerprint density at radius 3 is 2.87 bits per heavy atom. The molecule has 6 nitrogen and oxygen atoms in total. The molecule has 30 heavy (non-hydrogen) atoms. The zero-order valence-corrected chi connectivity index (χ0v) is 17.2. The molecule has 0 unspecified atom stereocenters. The van der Waals surface area contributed by atoms with Gasteiger partial charge in [0.05, 0.1) is 17.8 Å². The van der Waals surface area contributed by atoms with E-state index in [4.69, 9.17) is 0 Å². The first-order valence-electron chi connectivity index (χ1n) is 10.3. The van der Waals surface area contributed by atoms with Crippen molar-refractivity contribution in [1.82, 2.24) is 20.0 Å². The molecule has 2 amide bonds. The predicted molar refractivity (Wildman–Crippen MR) is 116 cm³/mol. The van der Waals surface area contributed by atoms with Crippen LogP contribution in [0.25, 0.3) is 22.0 Å². The summed E-state index contributed by atoms with van der Waals surface area (Å²) in [5, 5.41) is 8.31. The van der Waals surface area contributed by atoms with Gasteiger partial charge in [0.2, 0.25) is 5.91 Å². The van der Waals surface area contributed by atoms with Gasteiger partial charge in [-0.05, 0) is 59.4 Å². The van der Waals surface area contributed by atoms with Crippen LogP contribution in [-0.2, 0) is 17.8 Å². The number of carbonyl (C=O) groups is 2. The molecular weight excluding hydrogens is 376 g/mol. The first-order valence-corrected chi connectivity index (χ1v) is 10.3. The lowest BCUT2D eigenvalue weighted by Gasteiger charge is -2.43. The van der Waals surface area contributed by atoms with Gasteiger partial charge in [0.15, 0.2) is 0 Å². The lowest BCUT2D eigenvalue weighted by molar-refractivity contribution is -0.132. The number of carbonyl (C=O) groups excluding carboxylic acids is 2. The lowest BCUT2D eigenvalue weighted by Crippen LogP contribution is -2.60. The number of fused-ring (bicyclic) bond motifs is 2. The number of hydrogen-bond donors (Lipinski definition) is 1. The molecule has 1 N–H and O–H groups in total. The minimum absolute atomic E-state index is 0.0641. The monoisotopic (exact) mass is 400 g/mol. The summed E-state index contributed by atoms with van der Waals surface area (Å²) in [6, 6.07) is 8.45. The summed E-state index contributed by atoms with van der Waals surface area (Å²) in [5.41, 5.74) is 7.44. The van der Waals surface area contributed by atoms with Gasteiger partial charge in [-0.2, -0.15) is 5.10 Å². The van der Waals surface area contributed by atoms with Gasteiger partial charge in [-0.15, -0.1) is 0 Å². The van der Waals surface area contributed by atoms with Crippen LogP contribution < -0.4 is 0 Å². The summed E-state index contributed by atoms with van der Waals surface area (Å²) in [6.45, 7) is 9.53. The highest BCUT2D eigenvalue weighted by Crippen LogP contribution is 2.37. The zero-order valence-electron chi connectivity index (χ0n) is 17.2. The number of nitrogens with one attached hydrogen (secondary N) is 1. The van der Waals surface area contributed by atoms with E-state index in [1.165, 1.54) is 11.6 Å². The zero-order chi connectivity index (χ0) is 21.0. The summed E-state index contributed by atoms with van der Waals surface area (Å²) < 4.78 is 0. The highest BCUT2D eigenvalue weighted by molar-refractivity contribution is 6.03. The topological polar surface area (TPSA) is 69.3 Å². The van der Waals surface area contributed by atoms with Crippen LogP contribution in [0.4, 0.5) is 0 Å². The Balaban J connectivity index is 1.53. The number of aromatic nitrogens is 2. The van der Waals surface area contributed by atoms with Gasteiger partial charge in [0.1, 0.15) is 0 Å². The molecule has 3 aromatic rings. The second kappa shape index (κ2) is 6.83. The number of aryl methyl sites for hydroxylation is 2. The third-order valence-corrected chi connectivity index (χ3v) is 6.45. The standard InChI is InChI=1S/C24H24N4O2/c1-4-15-8-16(23-14(3)6-7-21-19(23)10-25-26-21)9-18-20(15)13-28(24(18)30)17-11-27(12-17)22(29)5-2/h5-10,17H,2,4,11-13H2,1,3H3,(H,25,26). The third-order valence-electron chi connectivity index (χ3n) is 6.45. The molecule has 0 atom stereocenters. The molecule has 1 fully saturated rings. The lowest BCUT2D eigenvalue weighted by atomic mass is 9.91. The minimum Gasteiger partial charge on any atom is -0.335 e. The number of aromatic amines is 1. The van der Waals surface area contributed by atoms with Crippen LogP contribution in [0.3, 0.4) is 0 Å². The van der Waals surface area contributed by atoms with E-state index in [1.807, 2.05) is 23.2 Å². The third kappa shape index (κ3) is 2.67. The van der Waals surface area contributed by atoms with Crippen molar-refractivity contribution in [1.29, 1.82) is 0 Å². The van der Waals surface area contributed by atoms with Crippen LogP contribution in [-0.4, -0.2) is 50.9 Å². The van der Waals surface area contributed by atoms with Crippen molar-refractivity contribution in [2.75, 3.05) is 13.1 Å². The Kier molecular flexibility index (Phi) is 4.24. The van der Waals surface area contributed by atoms with Gasteiger partial charge in [0.25, 0.3) is 5.91 Å². The van der Waals surface area contributed by atoms with E-state index in [0.29, 0.717) is 19.6 Å². The van der Waals surface area contributed by atoms with E-state index in [9.17, 15) is 9.59 Å². The predicted octanol–water partition coefficient (Wildman–Crippen LogP) is 3.45. The Morgan fingerprint density at radius 1 is 1.33 bits per heavy atom. The van der Waals surface area contributed by atoms with Crippen molar-refractivity contribution in [3.05, 3.63) is 65.4 Å². The number of nitrogens with zero attached hydrogens (tertiary/aromatic N) is 3. The fraction of sp³-hybridized carbons (Fsp3) is 0.292. The molecule has 3 heterocycles. The van der Waals surface area contributed by atoms with Crippen LogP contribution in [0.15, 0.2) is 43.1 Å². The smallest absolute Gasteiger partial charge is 0.254 e. The van der Waals surface area contributed by atoms with Crippen LogP contribution in [0.5, 0.6) is 0 Å². The minimum atomic E-state index is -0.0735. The van der Waals surface area contributed by atoms with Crippen molar-refractivity contribution < 1.29 is 9.59 Å². The molecule has 1 saturated heterocycles. The maximum atomic E-state index is 13.3. The van der Waals surface area contributed by atoms with Gasteiger partial charge in [-0.3, -0.25) is 14.7 Å². The highest BCUT2D eigenvalue weighted by atomic mass is 16.2.